The average molecular weight is 384 g/mol. The first-order valence-corrected chi connectivity index (χ1v) is 9.91. The second-order valence-corrected chi connectivity index (χ2v) is 8.58. The molecule has 1 rings (SSSR count). The lowest BCUT2D eigenvalue weighted by Crippen LogP contribution is -2.48. The Bertz CT molecular complexity index is 722. The van der Waals surface area contributed by atoms with E-state index in [4.69, 9.17) is 0 Å². The molecule has 0 aliphatic rings. The highest BCUT2D eigenvalue weighted by atomic mass is 32.2. The number of guanidine groups is 1. The van der Waals surface area contributed by atoms with Crippen LogP contribution in [0.4, 0.5) is 0 Å². The molecule has 26 heavy (non-hydrogen) atoms. The highest BCUT2D eigenvalue weighted by Crippen LogP contribution is 2.10. The number of rotatable bonds is 7. The van der Waals surface area contributed by atoms with Crippen LogP contribution in [0.2, 0.25) is 0 Å². The quantitative estimate of drug-likeness (QED) is 0.406. The van der Waals surface area contributed by atoms with Gasteiger partial charge in [0.15, 0.2) is 5.96 Å². The van der Waals surface area contributed by atoms with E-state index in [-0.39, 0.29) is 22.9 Å². The lowest BCUT2D eigenvalue weighted by molar-refractivity contribution is -0.121. The minimum atomic E-state index is -3.44. The van der Waals surface area contributed by atoms with E-state index in [0.29, 0.717) is 19.0 Å². The summed E-state index contributed by atoms with van der Waals surface area (Å²) in [5.41, 5.74) is 0.570. The van der Waals surface area contributed by atoms with Gasteiger partial charge in [0.2, 0.25) is 15.9 Å². The number of hydrogen-bond donors (Lipinski definition) is 4. The number of sulfonamides is 1. The molecule has 0 heterocycles. The van der Waals surface area contributed by atoms with Crippen LogP contribution >= 0.6 is 0 Å². The summed E-state index contributed by atoms with van der Waals surface area (Å²) >= 11 is 0. The van der Waals surface area contributed by atoms with Crippen molar-refractivity contribution in [3.8, 4) is 0 Å². The number of carbonyl (C=O) groups excluding carboxylic acids is 1. The fourth-order valence-electron chi connectivity index (χ4n) is 2.03. The Kier molecular flexibility index (Phi) is 8.04. The van der Waals surface area contributed by atoms with Gasteiger partial charge in [-0.05, 0) is 52.4 Å². The van der Waals surface area contributed by atoms with Gasteiger partial charge < -0.3 is 16.0 Å². The number of aliphatic imine (C=N–C) groups is 1. The maximum Gasteiger partial charge on any atom is 0.240 e. The van der Waals surface area contributed by atoms with Crippen LogP contribution in [0, 0.1) is 0 Å². The molecule has 0 aliphatic heterocycles. The fraction of sp³-hybridized carbons (Fsp3) is 0.529. The molecule has 0 radical (unpaired) electrons. The predicted molar refractivity (Wildman–Crippen MR) is 103 cm³/mol. The van der Waals surface area contributed by atoms with E-state index in [1.807, 2.05) is 27.7 Å². The second-order valence-electron chi connectivity index (χ2n) is 6.70. The first kappa shape index (κ1) is 21.9. The van der Waals surface area contributed by atoms with Gasteiger partial charge in [0, 0.05) is 12.1 Å². The maximum absolute atomic E-state index is 11.9. The number of nitrogens with zero attached hydrogens (tertiary/aromatic N) is 1. The molecule has 1 amide bonds. The number of amides is 1. The molecule has 0 atom stereocenters. The summed E-state index contributed by atoms with van der Waals surface area (Å²) in [5, 5.41) is 8.92. The molecule has 0 aromatic heterocycles. The van der Waals surface area contributed by atoms with Gasteiger partial charge >= 0.3 is 0 Å². The molecule has 0 fully saturated rings. The first-order valence-electron chi connectivity index (χ1n) is 8.43. The monoisotopic (exact) mass is 383 g/mol. The number of carbonyl (C=O) groups is 1. The van der Waals surface area contributed by atoms with Gasteiger partial charge in [0.05, 0.1) is 18.0 Å². The molecular formula is C17H29N5O3S. The van der Waals surface area contributed by atoms with Gasteiger partial charge in [-0.2, -0.15) is 0 Å². The van der Waals surface area contributed by atoms with Gasteiger partial charge in [0.25, 0.3) is 0 Å². The minimum Gasteiger partial charge on any atom is -0.357 e. The first-order chi connectivity index (χ1) is 12.1. The third-order valence-electron chi connectivity index (χ3n) is 3.20. The van der Waals surface area contributed by atoms with E-state index in [1.54, 1.807) is 12.1 Å². The van der Waals surface area contributed by atoms with E-state index in [0.717, 1.165) is 5.56 Å². The molecule has 0 saturated heterocycles. The van der Waals surface area contributed by atoms with Crippen LogP contribution in [-0.4, -0.2) is 46.0 Å². The van der Waals surface area contributed by atoms with Crippen molar-refractivity contribution in [1.29, 1.82) is 0 Å². The normalized spacial score (nSPS) is 12.6. The molecule has 1 aromatic rings. The van der Waals surface area contributed by atoms with Crippen molar-refractivity contribution < 1.29 is 13.2 Å². The fourth-order valence-corrected chi connectivity index (χ4v) is 2.76. The Morgan fingerprint density at radius 1 is 1.12 bits per heavy atom. The zero-order valence-electron chi connectivity index (χ0n) is 16.0. The van der Waals surface area contributed by atoms with Crippen LogP contribution in [0.3, 0.4) is 0 Å². The van der Waals surface area contributed by atoms with E-state index >= 15 is 0 Å². The number of nitrogens with one attached hydrogen (secondary N) is 4. The average Bonchev–Trinajstić information content (AvgIpc) is 2.56. The summed E-state index contributed by atoms with van der Waals surface area (Å²) in [5.74, 6) is 0.396. The molecule has 0 aliphatic carbocycles. The topological polar surface area (TPSA) is 112 Å². The van der Waals surface area contributed by atoms with Crippen LogP contribution in [-0.2, 0) is 21.4 Å². The molecule has 9 heteroatoms. The summed E-state index contributed by atoms with van der Waals surface area (Å²) in [6.45, 7) is 8.82. The molecule has 0 saturated carbocycles. The molecule has 146 valence electrons. The largest absolute Gasteiger partial charge is 0.357 e. The van der Waals surface area contributed by atoms with Gasteiger partial charge in [-0.1, -0.05) is 12.1 Å². The van der Waals surface area contributed by atoms with Crippen molar-refractivity contribution in [3.63, 3.8) is 0 Å². The Balaban J connectivity index is 2.70. The van der Waals surface area contributed by atoms with Crippen molar-refractivity contribution in [2.45, 2.75) is 44.7 Å². The van der Waals surface area contributed by atoms with E-state index in [1.165, 1.54) is 19.2 Å². The van der Waals surface area contributed by atoms with Gasteiger partial charge in [-0.25, -0.2) is 18.1 Å². The van der Waals surface area contributed by atoms with Crippen molar-refractivity contribution in [1.82, 2.24) is 20.7 Å². The van der Waals surface area contributed by atoms with Crippen LogP contribution < -0.4 is 20.7 Å². The molecule has 8 nitrogen and oxygen atoms in total. The predicted octanol–water partition coefficient (Wildman–Crippen LogP) is 0.565. The van der Waals surface area contributed by atoms with Crippen LogP contribution in [0.25, 0.3) is 0 Å². The summed E-state index contributed by atoms with van der Waals surface area (Å²) < 4.78 is 25.7. The standard InChI is InChI=1S/C17H29N5O3S/c1-6-19-16(21-12-15(23)22-17(2,3)4)20-11-13-7-9-14(10-8-13)26(24,25)18-5/h7-10,18H,6,11-12H2,1-5H3,(H,22,23)(H2,19,20,21). The molecule has 1 aromatic carbocycles. The third kappa shape index (κ3) is 7.83. The number of benzene rings is 1. The van der Waals surface area contributed by atoms with Crippen molar-refractivity contribution >= 4 is 21.9 Å². The smallest absolute Gasteiger partial charge is 0.240 e. The Morgan fingerprint density at radius 2 is 1.73 bits per heavy atom. The highest BCUT2D eigenvalue weighted by Gasteiger charge is 2.14. The van der Waals surface area contributed by atoms with E-state index < -0.39 is 10.0 Å². The van der Waals surface area contributed by atoms with Crippen molar-refractivity contribution in [2.24, 2.45) is 4.99 Å². The van der Waals surface area contributed by atoms with E-state index in [2.05, 4.69) is 25.7 Å². The maximum atomic E-state index is 11.9. The van der Waals surface area contributed by atoms with Gasteiger partial charge in [-0.3, -0.25) is 4.79 Å². The number of hydrogen-bond acceptors (Lipinski definition) is 4. The molecule has 0 spiro atoms. The van der Waals surface area contributed by atoms with Crippen LogP contribution in [0.1, 0.15) is 33.3 Å². The van der Waals surface area contributed by atoms with Gasteiger partial charge in [0.1, 0.15) is 0 Å². The summed E-state index contributed by atoms with van der Waals surface area (Å²) in [6, 6.07) is 6.49. The summed E-state index contributed by atoms with van der Waals surface area (Å²) in [6.07, 6.45) is 0. The van der Waals surface area contributed by atoms with Crippen molar-refractivity contribution in [2.75, 3.05) is 20.1 Å². The summed E-state index contributed by atoms with van der Waals surface area (Å²) in [4.78, 5) is 16.5. The molecule has 4 N–H and O–H groups in total. The molecule has 0 bridgehead atoms. The Labute approximate surface area is 155 Å². The van der Waals surface area contributed by atoms with Crippen LogP contribution in [0.15, 0.2) is 34.2 Å². The van der Waals surface area contributed by atoms with E-state index in [9.17, 15) is 13.2 Å². The van der Waals surface area contributed by atoms with Gasteiger partial charge in [-0.15, -0.1) is 0 Å². The molecule has 0 unspecified atom stereocenters. The summed E-state index contributed by atoms with van der Waals surface area (Å²) in [7, 11) is -2.07. The second kappa shape index (κ2) is 9.54. The minimum absolute atomic E-state index is 0.114. The SMILES string of the molecule is CCNC(=NCc1ccc(S(=O)(=O)NC)cc1)NCC(=O)NC(C)(C)C. The Morgan fingerprint density at radius 3 is 2.23 bits per heavy atom. The lowest BCUT2D eigenvalue weighted by Gasteiger charge is -2.21. The van der Waals surface area contributed by atoms with Crippen LogP contribution in [0.5, 0.6) is 0 Å². The zero-order chi connectivity index (χ0) is 19.8. The third-order valence-corrected chi connectivity index (χ3v) is 4.63. The zero-order valence-corrected chi connectivity index (χ0v) is 16.8. The molecular weight excluding hydrogens is 354 g/mol. The Hall–Kier alpha value is -2.13. The van der Waals surface area contributed by atoms with Crippen molar-refractivity contribution in [3.05, 3.63) is 29.8 Å². The lowest BCUT2D eigenvalue weighted by atomic mass is 10.1. The highest BCUT2D eigenvalue weighted by molar-refractivity contribution is 7.89.